The molecule has 1 aliphatic rings. The maximum Gasteiger partial charge on any atom is 0.138 e. The van der Waals surface area contributed by atoms with Crippen molar-refractivity contribution in [1.29, 1.82) is 0 Å². The van der Waals surface area contributed by atoms with Crippen LogP contribution in [0.15, 0.2) is 48.5 Å². The lowest BCUT2D eigenvalue weighted by atomic mass is 10.0. The molecule has 1 heterocycles. The Morgan fingerprint density at radius 2 is 1.82 bits per heavy atom. The van der Waals surface area contributed by atoms with E-state index < -0.39 is 0 Å². The molecule has 0 spiro atoms. The number of benzene rings is 2. The van der Waals surface area contributed by atoms with Crippen LogP contribution in [0.3, 0.4) is 0 Å². The van der Waals surface area contributed by atoms with Crippen LogP contribution in [-0.4, -0.2) is 29.1 Å². The molecule has 1 fully saturated rings. The lowest BCUT2D eigenvalue weighted by Crippen LogP contribution is -2.38. The zero-order chi connectivity index (χ0) is 15.4. The molecule has 0 atom stereocenters. The minimum Gasteiger partial charge on any atom is -0.506 e. The van der Waals surface area contributed by atoms with Crippen LogP contribution in [-0.2, 0) is 6.54 Å². The van der Waals surface area contributed by atoms with Crippen LogP contribution in [0.25, 0.3) is 0 Å². The van der Waals surface area contributed by atoms with Crippen molar-refractivity contribution in [3.63, 3.8) is 0 Å². The predicted octanol–water partition coefficient (Wildman–Crippen LogP) is 3.78. The first kappa shape index (κ1) is 14.9. The van der Waals surface area contributed by atoms with Gasteiger partial charge in [0.1, 0.15) is 5.75 Å². The van der Waals surface area contributed by atoms with E-state index >= 15 is 0 Å². The number of piperidine rings is 1. The molecule has 1 aliphatic heterocycles. The number of nitrogens with one attached hydrogen (secondary N) is 1. The molecule has 0 radical (unpaired) electrons. The first-order chi connectivity index (χ1) is 10.7. The molecule has 116 valence electrons. The standard InChI is InChI=1S/C19H24N2O/c1-15-7-8-18(19(22)13-15)20-17-9-11-21(12-10-17)14-16-5-3-2-4-6-16/h2-8,13,17,20,22H,9-12,14H2,1H3. The number of aromatic hydroxyl groups is 1. The largest absolute Gasteiger partial charge is 0.506 e. The van der Waals surface area contributed by atoms with Gasteiger partial charge in [0.2, 0.25) is 0 Å². The van der Waals surface area contributed by atoms with E-state index in [0.29, 0.717) is 11.8 Å². The Bertz CT molecular complexity index is 604. The van der Waals surface area contributed by atoms with Crippen molar-refractivity contribution in [2.24, 2.45) is 0 Å². The smallest absolute Gasteiger partial charge is 0.138 e. The van der Waals surface area contributed by atoms with Crippen LogP contribution in [0.4, 0.5) is 5.69 Å². The van der Waals surface area contributed by atoms with Crippen LogP contribution >= 0.6 is 0 Å². The summed E-state index contributed by atoms with van der Waals surface area (Å²) in [5.74, 6) is 0.353. The van der Waals surface area contributed by atoms with Crippen molar-refractivity contribution in [2.75, 3.05) is 18.4 Å². The number of likely N-dealkylation sites (tertiary alicyclic amines) is 1. The van der Waals surface area contributed by atoms with Gasteiger partial charge in [0.25, 0.3) is 0 Å². The number of aryl methyl sites for hydroxylation is 1. The van der Waals surface area contributed by atoms with Gasteiger partial charge in [0, 0.05) is 25.7 Å². The average Bonchev–Trinajstić information content (AvgIpc) is 2.53. The maximum absolute atomic E-state index is 10.00. The lowest BCUT2D eigenvalue weighted by Gasteiger charge is -2.33. The molecule has 2 aromatic carbocycles. The fourth-order valence-corrected chi connectivity index (χ4v) is 3.06. The Balaban J connectivity index is 1.51. The summed E-state index contributed by atoms with van der Waals surface area (Å²) in [4.78, 5) is 2.50. The van der Waals surface area contributed by atoms with Crippen molar-refractivity contribution in [3.05, 3.63) is 59.7 Å². The number of phenolic OH excluding ortho intramolecular Hbond substituents is 1. The average molecular weight is 296 g/mol. The van der Waals surface area contributed by atoms with Crippen LogP contribution in [0, 0.1) is 6.92 Å². The number of hydrogen-bond donors (Lipinski definition) is 2. The first-order valence-electron chi connectivity index (χ1n) is 8.03. The number of rotatable bonds is 4. The summed E-state index contributed by atoms with van der Waals surface area (Å²) >= 11 is 0. The summed E-state index contributed by atoms with van der Waals surface area (Å²) < 4.78 is 0. The highest BCUT2D eigenvalue weighted by molar-refractivity contribution is 5.57. The molecule has 1 saturated heterocycles. The van der Waals surface area contributed by atoms with E-state index in [4.69, 9.17) is 0 Å². The second kappa shape index (κ2) is 6.84. The van der Waals surface area contributed by atoms with Gasteiger partial charge in [-0.25, -0.2) is 0 Å². The van der Waals surface area contributed by atoms with Crippen molar-refractivity contribution >= 4 is 5.69 Å². The molecule has 3 rings (SSSR count). The maximum atomic E-state index is 10.00. The van der Waals surface area contributed by atoms with Crippen molar-refractivity contribution < 1.29 is 5.11 Å². The second-order valence-electron chi connectivity index (χ2n) is 6.20. The van der Waals surface area contributed by atoms with Crippen molar-refractivity contribution in [3.8, 4) is 5.75 Å². The van der Waals surface area contributed by atoms with E-state index in [0.717, 1.165) is 43.7 Å². The summed E-state index contributed by atoms with van der Waals surface area (Å²) in [7, 11) is 0. The lowest BCUT2D eigenvalue weighted by molar-refractivity contribution is 0.211. The topological polar surface area (TPSA) is 35.5 Å². The number of phenols is 1. The van der Waals surface area contributed by atoms with Gasteiger partial charge in [-0.1, -0.05) is 36.4 Å². The molecule has 2 aromatic rings. The summed E-state index contributed by atoms with van der Waals surface area (Å²) in [5, 5.41) is 13.5. The number of anilines is 1. The van der Waals surface area contributed by atoms with E-state index in [1.165, 1.54) is 5.56 Å². The molecule has 22 heavy (non-hydrogen) atoms. The highest BCUT2D eigenvalue weighted by Crippen LogP contribution is 2.26. The summed E-state index contributed by atoms with van der Waals surface area (Å²) in [6, 6.07) is 16.9. The fraction of sp³-hybridized carbons (Fsp3) is 0.368. The fourth-order valence-electron chi connectivity index (χ4n) is 3.06. The van der Waals surface area contributed by atoms with E-state index in [2.05, 4.69) is 40.5 Å². The Morgan fingerprint density at radius 3 is 2.50 bits per heavy atom. The molecule has 2 N–H and O–H groups in total. The van der Waals surface area contributed by atoms with Gasteiger partial charge < -0.3 is 10.4 Å². The third-order valence-corrected chi connectivity index (χ3v) is 4.35. The predicted molar refractivity (Wildman–Crippen MR) is 91.2 cm³/mol. The minimum atomic E-state index is 0.353. The van der Waals surface area contributed by atoms with Gasteiger partial charge in [-0.3, -0.25) is 4.90 Å². The Morgan fingerprint density at radius 1 is 1.09 bits per heavy atom. The van der Waals surface area contributed by atoms with Crippen LogP contribution in [0.2, 0.25) is 0 Å². The minimum absolute atomic E-state index is 0.353. The van der Waals surface area contributed by atoms with E-state index in [9.17, 15) is 5.11 Å². The van der Waals surface area contributed by atoms with Crippen LogP contribution < -0.4 is 5.32 Å². The zero-order valence-electron chi connectivity index (χ0n) is 13.1. The van der Waals surface area contributed by atoms with Gasteiger partial charge in [-0.2, -0.15) is 0 Å². The van der Waals surface area contributed by atoms with E-state index in [1.54, 1.807) is 0 Å². The molecule has 0 unspecified atom stereocenters. The molecule has 3 heteroatoms. The third kappa shape index (κ3) is 3.80. The highest BCUT2D eigenvalue weighted by atomic mass is 16.3. The van der Waals surface area contributed by atoms with Crippen LogP contribution in [0.5, 0.6) is 5.75 Å². The third-order valence-electron chi connectivity index (χ3n) is 4.35. The first-order valence-corrected chi connectivity index (χ1v) is 8.03. The molecule has 0 amide bonds. The van der Waals surface area contributed by atoms with E-state index in [1.807, 2.05) is 25.1 Å². The quantitative estimate of drug-likeness (QED) is 0.843. The van der Waals surface area contributed by atoms with Gasteiger partial charge in [0.05, 0.1) is 5.69 Å². The normalized spacial score (nSPS) is 16.6. The Labute approximate surface area is 132 Å². The highest BCUT2D eigenvalue weighted by Gasteiger charge is 2.19. The van der Waals surface area contributed by atoms with E-state index in [-0.39, 0.29) is 0 Å². The number of nitrogens with zero attached hydrogens (tertiary/aromatic N) is 1. The van der Waals surface area contributed by atoms with Crippen LogP contribution in [0.1, 0.15) is 24.0 Å². The monoisotopic (exact) mass is 296 g/mol. The Kier molecular flexibility index (Phi) is 4.64. The summed E-state index contributed by atoms with van der Waals surface area (Å²) in [6.07, 6.45) is 2.22. The molecule has 0 saturated carbocycles. The van der Waals surface area contributed by atoms with Gasteiger partial charge in [-0.15, -0.1) is 0 Å². The molecule has 0 aliphatic carbocycles. The second-order valence-corrected chi connectivity index (χ2v) is 6.20. The van der Waals surface area contributed by atoms with Gasteiger partial charge in [-0.05, 0) is 43.0 Å². The summed E-state index contributed by atoms with van der Waals surface area (Å²) in [5.41, 5.74) is 3.32. The molecule has 0 aromatic heterocycles. The van der Waals surface area contributed by atoms with Gasteiger partial charge >= 0.3 is 0 Å². The Hall–Kier alpha value is -2.00. The number of hydrogen-bond acceptors (Lipinski definition) is 3. The SMILES string of the molecule is Cc1ccc(NC2CCN(Cc3ccccc3)CC2)c(O)c1. The van der Waals surface area contributed by atoms with Gasteiger partial charge in [0.15, 0.2) is 0 Å². The summed E-state index contributed by atoms with van der Waals surface area (Å²) in [6.45, 7) is 5.22. The molecule has 0 bridgehead atoms. The molecular formula is C19H24N2O. The van der Waals surface area contributed by atoms with Crippen molar-refractivity contribution in [1.82, 2.24) is 4.90 Å². The van der Waals surface area contributed by atoms with Crippen molar-refractivity contribution in [2.45, 2.75) is 32.4 Å². The zero-order valence-corrected chi connectivity index (χ0v) is 13.1. The molecular weight excluding hydrogens is 272 g/mol. The molecule has 3 nitrogen and oxygen atoms in total.